The van der Waals surface area contributed by atoms with E-state index in [9.17, 15) is 0 Å². The van der Waals surface area contributed by atoms with E-state index in [4.69, 9.17) is 12.2 Å². The molecule has 0 amide bonds. The van der Waals surface area contributed by atoms with Gasteiger partial charge in [-0.2, -0.15) is 0 Å². The number of nitrogens with one attached hydrogen (secondary N) is 2. The lowest BCUT2D eigenvalue weighted by atomic mass is 10.2. The van der Waals surface area contributed by atoms with Crippen LogP contribution >= 0.6 is 12.2 Å². The van der Waals surface area contributed by atoms with Crippen LogP contribution in [0.5, 0.6) is 0 Å². The molecule has 0 unspecified atom stereocenters. The van der Waals surface area contributed by atoms with Gasteiger partial charge in [0.2, 0.25) is 0 Å². The molecule has 0 aliphatic carbocycles. The van der Waals surface area contributed by atoms with Gasteiger partial charge in [-0.3, -0.25) is 0 Å². The Labute approximate surface area is 125 Å². The average molecular weight is 285 g/mol. The Kier molecular flexibility index (Phi) is 4.58. The lowest BCUT2D eigenvalue weighted by Gasteiger charge is -2.14. The Morgan fingerprint density at radius 3 is 2.20 bits per heavy atom. The maximum Gasteiger partial charge on any atom is 0.175 e. The largest absolute Gasteiger partial charge is 0.378 e. The van der Waals surface area contributed by atoms with Gasteiger partial charge in [0.1, 0.15) is 0 Å². The van der Waals surface area contributed by atoms with Crippen LogP contribution in [-0.2, 0) is 0 Å². The van der Waals surface area contributed by atoms with Crippen molar-refractivity contribution in [3.05, 3.63) is 54.1 Å². The van der Waals surface area contributed by atoms with Crippen molar-refractivity contribution in [2.24, 2.45) is 0 Å². The number of hydrogen-bond acceptors (Lipinski definition) is 2. The van der Waals surface area contributed by atoms with Crippen LogP contribution in [-0.4, -0.2) is 19.2 Å². The Morgan fingerprint density at radius 2 is 1.60 bits per heavy atom. The van der Waals surface area contributed by atoms with Gasteiger partial charge in [-0.25, -0.2) is 0 Å². The molecule has 0 fully saturated rings. The number of nitrogens with zero attached hydrogens (tertiary/aromatic N) is 1. The molecule has 0 aromatic heterocycles. The van der Waals surface area contributed by atoms with Crippen molar-refractivity contribution in [2.75, 3.05) is 29.6 Å². The summed E-state index contributed by atoms with van der Waals surface area (Å²) in [5, 5.41) is 6.95. The number of thiocarbonyl (C=S) groups is 1. The zero-order valence-electron chi connectivity index (χ0n) is 12.0. The fourth-order valence-electron chi connectivity index (χ4n) is 1.86. The van der Waals surface area contributed by atoms with Crippen molar-refractivity contribution in [1.82, 2.24) is 0 Å². The summed E-state index contributed by atoms with van der Waals surface area (Å²) < 4.78 is 0. The van der Waals surface area contributed by atoms with E-state index in [0.29, 0.717) is 5.11 Å². The fourth-order valence-corrected chi connectivity index (χ4v) is 2.09. The van der Waals surface area contributed by atoms with Crippen molar-refractivity contribution in [2.45, 2.75) is 6.92 Å². The quantitative estimate of drug-likeness (QED) is 0.837. The fraction of sp³-hybridized carbons (Fsp3) is 0.188. The molecule has 0 bridgehead atoms. The summed E-state index contributed by atoms with van der Waals surface area (Å²) in [6.07, 6.45) is 0. The molecule has 0 aliphatic rings. The minimum Gasteiger partial charge on any atom is -0.378 e. The standard InChI is InChI=1S/C16H19N3S/c1-12-5-4-6-14(11-12)18-16(20)17-13-7-9-15(10-8-13)19(2)3/h4-11H,1-3H3,(H2,17,18,20). The Balaban J connectivity index is 1.97. The minimum absolute atomic E-state index is 0.591. The molecule has 20 heavy (non-hydrogen) atoms. The first-order valence-electron chi connectivity index (χ1n) is 6.46. The van der Waals surface area contributed by atoms with E-state index < -0.39 is 0 Å². The van der Waals surface area contributed by atoms with E-state index in [-0.39, 0.29) is 0 Å². The van der Waals surface area contributed by atoms with E-state index >= 15 is 0 Å². The SMILES string of the molecule is Cc1cccc(NC(=S)Nc2ccc(N(C)C)cc2)c1. The predicted molar refractivity (Wildman–Crippen MR) is 91.8 cm³/mol. The monoisotopic (exact) mass is 285 g/mol. The first kappa shape index (κ1) is 14.3. The summed E-state index contributed by atoms with van der Waals surface area (Å²) in [7, 11) is 4.04. The number of aryl methyl sites for hydroxylation is 1. The van der Waals surface area contributed by atoms with Crippen molar-refractivity contribution < 1.29 is 0 Å². The smallest absolute Gasteiger partial charge is 0.175 e. The second-order valence-corrected chi connectivity index (χ2v) is 5.30. The second kappa shape index (κ2) is 6.39. The van der Waals surface area contributed by atoms with Crippen molar-refractivity contribution in [1.29, 1.82) is 0 Å². The summed E-state index contributed by atoms with van der Waals surface area (Å²) in [6.45, 7) is 2.06. The van der Waals surface area contributed by atoms with E-state index in [2.05, 4.69) is 46.7 Å². The van der Waals surface area contributed by atoms with Crippen molar-refractivity contribution >= 4 is 34.4 Å². The highest BCUT2D eigenvalue weighted by atomic mass is 32.1. The maximum absolute atomic E-state index is 5.31. The summed E-state index contributed by atoms with van der Waals surface area (Å²) >= 11 is 5.31. The van der Waals surface area contributed by atoms with Gasteiger partial charge in [-0.15, -0.1) is 0 Å². The average Bonchev–Trinajstić information content (AvgIpc) is 2.39. The van der Waals surface area contributed by atoms with Gasteiger partial charge in [0.25, 0.3) is 0 Å². The summed E-state index contributed by atoms with van der Waals surface area (Å²) in [5.74, 6) is 0. The number of rotatable bonds is 3. The molecule has 104 valence electrons. The van der Waals surface area contributed by atoms with Gasteiger partial charge in [-0.1, -0.05) is 12.1 Å². The Hall–Kier alpha value is -2.07. The molecule has 2 aromatic carbocycles. The van der Waals surface area contributed by atoms with Crippen LogP contribution in [0.3, 0.4) is 0 Å². The van der Waals surface area contributed by atoms with Gasteiger partial charge in [0, 0.05) is 31.2 Å². The highest BCUT2D eigenvalue weighted by molar-refractivity contribution is 7.80. The molecule has 0 spiro atoms. The third-order valence-corrected chi connectivity index (χ3v) is 3.12. The molecule has 2 aromatic rings. The third kappa shape index (κ3) is 3.96. The Bertz CT molecular complexity index is 591. The molecule has 0 heterocycles. The molecule has 0 saturated heterocycles. The maximum atomic E-state index is 5.31. The van der Waals surface area contributed by atoms with Gasteiger partial charge in [-0.05, 0) is 61.1 Å². The normalized spacial score (nSPS) is 9.95. The molecule has 2 N–H and O–H groups in total. The summed E-state index contributed by atoms with van der Waals surface area (Å²) in [6, 6.07) is 16.3. The molecule has 4 heteroatoms. The zero-order valence-corrected chi connectivity index (χ0v) is 12.8. The van der Waals surface area contributed by atoms with Gasteiger partial charge < -0.3 is 15.5 Å². The molecular weight excluding hydrogens is 266 g/mol. The summed E-state index contributed by atoms with van der Waals surface area (Å²) in [5.41, 5.74) is 4.33. The lowest BCUT2D eigenvalue weighted by molar-refractivity contribution is 1.13. The molecule has 3 nitrogen and oxygen atoms in total. The van der Waals surface area contributed by atoms with E-state index in [1.807, 2.05) is 38.4 Å². The molecule has 2 rings (SSSR count). The molecule has 0 aliphatic heterocycles. The predicted octanol–water partition coefficient (Wildman–Crippen LogP) is 3.87. The lowest BCUT2D eigenvalue weighted by Crippen LogP contribution is -2.19. The third-order valence-electron chi connectivity index (χ3n) is 2.92. The van der Waals surface area contributed by atoms with Crippen LogP contribution < -0.4 is 15.5 Å². The van der Waals surface area contributed by atoms with Crippen LogP contribution in [0.2, 0.25) is 0 Å². The van der Waals surface area contributed by atoms with Gasteiger partial charge in [0.05, 0.1) is 0 Å². The summed E-state index contributed by atoms with van der Waals surface area (Å²) in [4.78, 5) is 2.06. The topological polar surface area (TPSA) is 27.3 Å². The van der Waals surface area contributed by atoms with E-state index in [1.54, 1.807) is 0 Å². The van der Waals surface area contributed by atoms with Crippen LogP contribution in [0.4, 0.5) is 17.1 Å². The highest BCUT2D eigenvalue weighted by Crippen LogP contribution is 2.16. The first-order valence-corrected chi connectivity index (χ1v) is 6.87. The zero-order chi connectivity index (χ0) is 14.5. The molecular formula is C16H19N3S. The van der Waals surface area contributed by atoms with E-state index in [1.165, 1.54) is 5.56 Å². The van der Waals surface area contributed by atoms with Gasteiger partial charge >= 0.3 is 0 Å². The van der Waals surface area contributed by atoms with Crippen LogP contribution in [0.25, 0.3) is 0 Å². The van der Waals surface area contributed by atoms with Crippen molar-refractivity contribution in [3.63, 3.8) is 0 Å². The van der Waals surface area contributed by atoms with E-state index in [0.717, 1.165) is 17.1 Å². The number of hydrogen-bond donors (Lipinski definition) is 2. The van der Waals surface area contributed by atoms with Crippen LogP contribution in [0, 0.1) is 6.92 Å². The molecule has 0 radical (unpaired) electrons. The van der Waals surface area contributed by atoms with Gasteiger partial charge in [0.15, 0.2) is 5.11 Å². The minimum atomic E-state index is 0.591. The van der Waals surface area contributed by atoms with Crippen LogP contribution in [0.15, 0.2) is 48.5 Å². The van der Waals surface area contributed by atoms with Crippen LogP contribution in [0.1, 0.15) is 5.56 Å². The first-order chi connectivity index (χ1) is 9.54. The Morgan fingerprint density at radius 1 is 0.950 bits per heavy atom. The van der Waals surface area contributed by atoms with Crippen molar-refractivity contribution in [3.8, 4) is 0 Å². The highest BCUT2D eigenvalue weighted by Gasteiger charge is 2.00. The second-order valence-electron chi connectivity index (χ2n) is 4.89. The molecule has 0 saturated carbocycles. The number of anilines is 3. The number of benzene rings is 2. The molecule has 0 atom stereocenters.